The molecule has 38 heavy (non-hydrogen) atoms. The monoisotopic (exact) mass is 536 g/mol. The maximum Gasteiger partial charge on any atom is 0.184 e. The van der Waals surface area contributed by atoms with Gasteiger partial charge in [0.25, 0.3) is 0 Å². The van der Waals surface area contributed by atoms with Crippen LogP contribution in [0.15, 0.2) is 48.9 Å². The SMILES string of the molecule is O[C@@H]1CCCC[C@H]1Nc1nc2ccc(Oc3ccnc(-c4cnn(CCN5CCC(F)CC5)c4)c3)cc2s1. The average Bonchev–Trinajstić information content (AvgIpc) is 3.56. The molecule has 1 aliphatic heterocycles. The number of nitrogens with one attached hydrogen (secondary N) is 1. The van der Waals surface area contributed by atoms with Crippen LogP contribution < -0.4 is 10.1 Å². The van der Waals surface area contributed by atoms with Crippen molar-refractivity contribution in [3.8, 4) is 22.8 Å². The van der Waals surface area contributed by atoms with Gasteiger partial charge in [-0.25, -0.2) is 9.37 Å². The number of rotatable bonds is 8. The Balaban J connectivity index is 1.09. The molecule has 10 heteroatoms. The van der Waals surface area contributed by atoms with E-state index in [1.165, 1.54) is 0 Å². The van der Waals surface area contributed by atoms with Crippen molar-refractivity contribution < 1.29 is 14.2 Å². The highest BCUT2D eigenvalue weighted by molar-refractivity contribution is 7.22. The second-order valence-corrected chi connectivity index (χ2v) is 11.3. The summed E-state index contributed by atoms with van der Waals surface area (Å²) < 4.78 is 22.5. The Bertz CT molecular complexity index is 1370. The Morgan fingerprint density at radius 2 is 1.89 bits per heavy atom. The van der Waals surface area contributed by atoms with Gasteiger partial charge in [0.2, 0.25) is 0 Å². The number of anilines is 1. The molecule has 2 aliphatic rings. The van der Waals surface area contributed by atoms with Gasteiger partial charge in [0.15, 0.2) is 5.13 Å². The molecule has 8 nitrogen and oxygen atoms in total. The normalized spacial score (nSPS) is 21.1. The third kappa shape index (κ3) is 5.98. The molecule has 2 atom stereocenters. The number of likely N-dealkylation sites (tertiary alicyclic amines) is 1. The predicted octanol–water partition coefficient (Wildman–Crippen LogP) is 5.50. The van der Waals surface area contributed by atoms with Crippen molar-refractivity contribution in [2.75, 3.05) is 25.0 Å². The third-order valence-corrected chi connectivity index (χ3v) is 8.41. The number of hydrogen-bond donors (Lipinski definition) is 2. The van der Waals surface area contributed by atoms with Crippen molar-refractivity contribution >= 4 is 26.7 Å². The van der Waals surface area contributed by atoms with Gasteiger partial charge < -0.3 is 20.1 Å². The highest BCUT2D eigenvalue weighted by Crippen LogP contribution is 2.33. The van der Waals surface area contributed by atoms with Gasteiger partial charge in [-0.1, -0.05) is 24.2 Å². The predicted molar refractivity (Wildman–Crippen MR) is 148 cm³/mol. The Morgan fingerprint density at radius 1 is 1.05 bits per heavy atom. The summed E-state index contributed by atoms with van der Waals surface area (Å²) in [6.07, 6.45) is 9.87. The number of halogens is 1. The first-order chi connectivity index (χ1) is 18.6. The number of nitrogens with zero attached hydrogens (tertiary/aromatic N) is 5. The van der Waals surface area contributed by atoms with Crippen LogP contribution in [0.2, 0.25) is 0 Å². The molecule has 0 unspecified atom stereocenters. The molecule has 3 aromatic heterocycles. The largest absolute Gasteiger partial charge is 0.457 e. The maximum atomic E-state index is 13.4. The number of fused-ring (bicyclic) bond motifs is 1. The number of hydrogen-bond acceptors (Lipinski definition) is 8. The van der Waals surface area contributed by atoms with E-state index in [2.05, 4.69) is 20.3 Å². The van der Waals surface area contributed by atoms with Crippen LogP contribution in [0, 0.1) is 0 Å². The lowest BCUT2D eigenvalue weighted by Crippen LogP contribution is -2.36. The van der Waals surface area contributed by atoms with Gasteiger partial charge in [-0.3, -0.25) is 9.67 Å². The third-order valence-electron chi connectivity index (χ3n) is 7.46. The van der Waals surface area contributed by atoms with Crippen LogP contribution in [-0.2, 0) is 6.54 Å². The number of aliphatic hydroxyl groups excluding tert-OH is 1. The van der Waals surface area contributed by atoms with Crippen LogP contribution >= 0.6 is 11.3 Å². The molecule has 200 valence electrons. The summed E-state index contributed by atoms with van der Waals surface area (Å²) >= 11 is 1.58. The fourth-order valence-corrected chi connectivity index (χ4v) is 6.18. The molecule has 6 rings (SSSR count). The van der Waals surface area contributed by atoms with Gasteiger partial charge in [-0.15, -0.1) is 0 Å². The molecule has 4 aromatic rings. The zero-order valence-corrected chi connectivity index (χ0v) is 22.1. The summed E-state index contributed by atoms with van der Waals surface area (Å²) in [5, 5.41) is 19.0. The van der Waals surface area contributed by atoms with E-state index in [1.807, 2.05) is 47.4 Å². The van der Waals surface area contributed by atoms with Crippen molar-refractivity contribution in [2.45, 2.75) is 63.4 Å². The molecule has 2 N–H and O–H groups in total. The van der Waals surface area contributed by atoms with E-state index >= 15 is 0 Å². The van der Waals surface area contributed by atoms with E-state index in [-0.39, 0.29) is 12.1 Å². The van der Waals surface area contributed by atoms with Gasteiger partial charge in [0.1, 0.15) is 17.7 Å². The molecule has 1 aromatic carbocycles. The molecular formula is C28H33FN6O2S. The van der Waals surface area contributed by atoms with Crippen molar-refractivity contribution in [1.82, 2.24) is 24.6 Å². The quantitative estimate of drug-likeness (QED) is 0.308. The zero-order valence-electron chi connectivity index (χ0n) is 21.3. The number of aromatic nitrogens is 4. The van der Waals surface area contributed by atoms with Crippen LogP contribution in [0.3, 0.4) is 0 Å². The molecule has 0 radical (unpaired) electrons. The van der Waals surface area contributed by atoms with Crippen molar-refractivity contribution in [3.05, 3.63) is 48.9 Å². The zero-order chi connectivity index (χ0) is 25.9. The summed E-state index contributed by atoms with van der Waals surface area (Å²) in [6, 6.07) is 9.71. The molecule has 0 bridgehead atoms. The van der Waals surface area contributed by atoms with Crippen LogP contribution in [0.25, 0.3) is 21.5 Å². The van der Waals surface area contributed by atoms with E-state index in [0.29, 0.717) is 18.6 Å². The van der Waals surface area contributed by atoms with E-state index in [4.69, 9.17) is 9.72 Å². The smallest absolute Gasteiger partial charge is 0.184 e. The van der Waals surface area contributed by atoms with Crippen LogP contribution in [0.5, 0.6) is 11.5 Å². The fraction of sp³-hybridized carbons (Fsp3) is 0.464. The Labute approximate surface area is 225 Å². The number of pyridine rings is 1. The highest BCUT2D eigenvalue weighted by Gasteiger charge is 2.24. The number of benzene rings is 1. The Hall–Kier alpha value is -3.08. The molecular weight excluding hydrogens is 503 g/mol. The number of piperidine rings is 1. The Morgan fingerprint density at radius 3 is 2.76 bits per heavy atom. The molecule has 2 fully saturated rings. The van der Waals surface area contributed by atoms with Crippen LogP contribution in [0.4, 0.5) is 9.52 Å². The molecule has 0 spiro atoms. The second kappa shape index (κ2) is 11.3. The molecule has 1 aliphatic carbocycles. The lowest BCUT2D eigenvalue weighted by molar-refractivity contribution is 0.116. The first-order valence-electron chi connectivity index (χ1n) is 13.5. The first kappa shape index (κ1) is 25.2. The minimum absolute atomic E-state index is 0.0634. The van der Waals surface area contributed by atoms with E-state index in [9.17, 15) is 9.50 Å². The topological polar surface area (TPSA) is 88.3 Å². The molecule has 4 heterocycles. The van der Waals surface area contributed by atoms with Crippen LogP contribution in [-0.4, -0.2) is 67.7 Å². The van der Waals surface area contributed by atoms with Gasteiger partial charge in [0, 0.05) is 49.7 Å². The highest BCUT2D eigenvalue weighted by atomic mass is 32.1. The lowest BCUT2D eigenvalue weighted by atomic mass is 9.93. The second-order valence-electron chi connectivity index (χ2n) is 10.2. The minimum atomic E-state index is -0.650. The average molecular weight is 537 g/mol. The number of thiazole rings is 1. The summed E-state index contributed by atoms with van der Waals surface area (Å²) in [4.78, 5) is 11.5. The van der Waals surface area contributed by atoms with Crippen molar-refractivity contribution in [1.29, 1.82) is 0 Å². The van der Waals surface area contributed by atoms with E-state index in [0.717, 1.165) is 84.2 Å². The first-order valence-corrected chi connectivity index (χ1v) is 14.3. The van der Waals surface area contributed by atoms with Gasteiger partial charge in [0.05, 0.1) is 40.8 Å². The van der Waals surface area contributed by atoms with Crippen molar-refractivity contribution in [3.63, 3.8) is 0 Å². The molecule has 0 amide bonds. The summed E-state index contributed by atoms with van der Waals surface area (Å²) in [5.74, 6) is 1.43. The summed E-state index contributed by atoms with van der Waals surface area (Å²) in [5.41, 5.74) is 2.63. The number of ether oxygens (including phenoxy) is 1. The van der Waals surface area contributed by atoms with Crippen LogP contribution in [0.1, 0.15) is 38.5 Å². The Kier molecular flexibility index (Phi) is 7.53. The maximum absolute atomic E-state index is 13.4. The fourth-order valence-electron chi connectivity index (χ4n) is 5.22. The summed E-state index contributed by atoms with van der Waals surface area (Å²) in [6.45, 7) is 3.25. The van der Waals surface area contributed by atoms with Gasteiger partial charge in [-0.05, 0) is 43.9 Å². The lowest BCUT2D eigenvalue weighted by Gasteiger charge is -2.28. The van der Waals surface area contributed by atoms with E-state index < -0.39 is 6.17 Å². The number of aliphatic hydroxyl groups is 1. The van der Waals surface area contributed by atoms with E-state index in [1.54, 1.807) is 17.5 Å². The minimum Gasteiger partial charge on any atom is -0.457 e. The number of alkyl halides is 1. The molecule has 1 saturated carbocycles. The molecule has 1 saturated heterocycles. The van der Waals surface area contributed by atoms with Gasteiger partial charge >= 0.3 is 0 Å². The standard InChI is InChI=1S/C28H33FN6O2S/c29-20-8-11-34(12-9-20)13-14-35-18-19(17-31-35)25-15-22(7-10-30-25)37-21-5-6-24-27(16-21)38-28(33-24)32-23-3-1-2-4-26(23)36/h5-7,10,15-18,20,23,26,36H,1-4,8-9,11-14H2,(H,32,33)/t23-,26-/m1/s1. The van der Waals surface area contributed by atoms with Crippen molar-refractivity contribution in [2.24, 2.45) is 0 Å². The van der Waals surface area contributed by atoms with Gasteiger partial charge in [-0.2, -0.15) is 5.10 Å². The summed E-state index contributed by atoms with van der Waals surface area (Å²) in [7, 11) is 0.